The fraction of sp³-hybridized carbons (Fsp3) is 0.636. The number of ketones is 1. The number of aromatic nitrogens is 1. The third-order valence-electron chi connectivity index (χ3n) is 9.92. The number of nitrogens with two attached hydrogens (primary N) is 1. The van der Waals surface area contributed by atoms with Gasteiger partial charge in [0.2, 0.25) is 10.0 Å². The maximum absolute atomic E-state index is 15.2. The molecule has 2 aromatic rings. The lowest BCUT2D eigenvalue weighted by atomic mass is 9.70. The van der Waals surface area contributed by atoms with Crippen molar-refractivity contribution >= 4 is 27.4 Å². The highest BCUT2D eigenvalue weighted by molar-refractivity contribution is 7.89. The number of pyridine rings is 1. The molecule has 5 atom stereocenters. The van der Waals surface area contributed by atoms with Gasteiger partial charge in [-0.25, -0.2) is 12.8 Å². The molecule has 0 spiro atoms. The van der Waals surface area contributed by atoms with E-state index in [9.17, 15) is 13.2 Å². The van der Waals surface area contributed by atoms with Crippen LogP contribution in [0.4, 0.5) is 4.39 Å². The first-order valence-electron chi connectivity index (χ1n) is 16.1. The minimum atomic E-state index is -3.35. The zero-order chi connectivity index (χ0) is 31.3. The van der Waals surface area contributed by atoms with Crippen LogP contribution in [0.2, 0.25) is 5.02 Å². The molecule has 1 aromatic heterocycles. The van der Waals surface area contributed by atoms with Crippen molar-refractivity contribution in [3.8, 4) is 0 Å². The molecule has 2 bridgehead atoms. The second-order valence-electron chi connectivity index (χ2n) is 12.8. The van der Waals surface area contributed by atoms with Crippen molar-refractivity contribution < 1.29 is 22.3 Å². The highest BCUT2D eigenvalue weighted by Crippen LogP contribution is 2.40. The Morgan fingerprint density at radius 1 is 1.18 bits per heavy atom. The van der Waals surface area contributed by atoms with E-state index in [1.807, 2.05) is 31.2 Å². The number of hydrogen-bond acceptors (Lipinski definition) is 7. The Bertz CT molecular complexity index is 1370. The summed E-state index contributed by atoms with van der Waals surface area (Å²) in [5, 5.41) is 4.09. The van der Waals surface area contributed by atoms with Crippen molar-refractivity contribution in [2.75, 3.05) is 32.1 Å². The Balaban J connectivity index is 1.30. The quantitative estimate of drug-likeness (QED) is 0.345. The number of fused-ring (bicyclic) bond motifs is 2. The number of sulfonamides is 1. The molecule has 0 amide bonds. The van der Waals surface area contributed by atoms with Gasteiger partial charge in [0.15, 0.2) is 5.78 Å². The van der Waals surface area contributed by atoms with E-state index in [1.165, 1.54) is 0 Å². The number of halogens is 2. The van der Waals surface area contributed by atoms with Crippen LogP contribution in [0.5, 0.6) is 0 Å². The van der Waals surface area contributed by atoms with Gasteiger partial charge in [0.25, 0.3) is 0 Å². The number of nitrogens with one attached hydrogen (secondary N) is 1. The maximum Gasteiger partial charge on any atom is 0.214 e. The van der Waals surface area contributed by atoms with Gasteiger partial charge in [0.1, 0.15) is 5.82 Å². The van der Waals surface area contributed by atoms with Gasteiger partial charge in [-0.2, -0.15) is 4.31 Å². The summed E-state index contributed by atoms with van der Waals surface area (Å²) < 4.78 is 48.4. The van der Waals surface area contributed by atoms with Crippen molar-refractivity contribution in [2.24, 2.45) is 17.6 Å². The molecule has 0 radical (unpaired) electrons. The first-order valence-corrected chi connectivity index (χ1v) is 18.1. The molecule has 2 aliphatic heterocycles. The number of piperazine rings is 1. The first-order chi connectivity index (χ1) is 21.2. The van der Waals surface area contributed by atoms with Crippen molar-refractivity contribution in [2.45, 2.75) is 88.8 Å². The number of Topliss-reactive ketones (excluding diaryl/α,β-unsaturated/α-hetero) is 1. The number of carbonyl (C=O) groups is 1. The summed E-state index contributed by atoms with van der Waals surface area (Å²) in [6.07, 6.45) is 8.87. The van der Waals surface area contributed by atoms with Crippen molar-refractivity contribution in [1.82, 2.24) is 14.6 Å². The van der Waals surface area contributed by atoms with E-state index in [0.29, 0.717) is 61.0 Å². The molecule has 242 valence electrons. The lowest BCUT2D eigenvalue weighted by Gasteiger charge is -2.37. The average Bonchev–Trinajstić information content (AvgIpc) is 3.13. The van der Waals surface area contributed by atoms with E-state index < -0.39 is 21.9 Å². The summed E-state index contributed by atoms with van der Waals surface area (Å²) in [5.74, 6) is 0.0628. The monoisotopic (exact) mass is 648 g/mol. The van der Waals surface area contributed by atoms with Crippen LogP contribution < -0.4 is 11.1 Å². The molecule has 3 N–H and O–H groups in total. The third-order valence-corrected chi connectivity index (χ3v) is 12.1. The fourth-order valence-electron chi connectivity index (χ4n) is 7.45. The Labute approximate surface area is 266 Å². The van der Waals surface area contributed by atoms with E-state index in [1.54, 1.807) is 10.5 Å². The van der Waals surface area contributed by atoms with Gasteiger partial charge in [0.05, 0.1) is 18.0 Å². The van der Waals surface area contributed by atoms with Crippen LogP contribution in [0, 0.1) is 17.7 Å². The minimum Gasteiger partial charge on any atom is -0.381 e. The molecular weight excluding hydrogens is 603 g/mol. The summed E-state index contributed by atoms with van der Waals surface area (Å²) >= 11 is 6.19. The molecule has 44 heavy (non-hydrogen) atoms. The topological polar surface area (TPSA) is 115 Å². The Morgan fingerprint density at radius 2 is 1.93 bits per heavy atom. The lowest BCUT2D eigenvalue weighted by molar-refractivity contribution is -0.120. The van der Waals surface area contributed by atoms with Gasteiger partial charge in [-0.15, -0.1) is 0 Å². The summed E-state index contributed by atoms with van der Waals surface area (Å²) in [7, 11) is -3.35. The van der Waals surface area contributed by atoms with E-state index in [-0.39, 0.29) is 41.9 Å². The number of carbonyl (C=O) groups excluding carboxylic acids is 1. The summed E-state index contributed by atoms with van der Waals surface area (Å²) in [6, 6.07) is 6.71. The number of ether oxygens (including phenoxy) is 1. The van der Waals surface area contributed by atoms with Crippen molar-refractivity contribution in [3.63, 3.8) is 0 Å². The summed E-state index contributed by atoms with van der Waals surface area (Å²) in [5.41, 5.74) is 8.72. The molecule has 1 unspecified atom stereocenters. The van der Waals surface area contributed by atoms with Gasteiger partial charge in [-0.05, 0) is 98.9 Å². The zero-order valence-corrected chi connectivity index (χ0v) is 27.2. The van der Waals surface area contributed by atoms with Crippen LogP contribution in [-0.4, -0.2) is 73.7 Å². The number of benzene rings is 1. The lowest BCUT2D eigenvalue weighted by Crippen LogP contribution is -2.57. The van der Waals surface area contributed by atoms with Gasteiger partial charge in [0, 0.05) is 61.9 Å². The summed E-state index contributed by atoms with van der Waals surface area (Å²) in [6.45, 7) is 4.46. The Kier molecular flexibility index (Phi) is 11.5. The highest BCUT2D eigenvalue weighted by atomic mass is 35.5. The molecule has 1 aliphatic carbocycles. The molecule has 8 nitrogen and oxygen atoms in total. The van der Waals surface area contributed by atoms with E-state index in [4.69, 9.17) is 22.1 Å². The molecule has 3 aliphatic rings. The third kappa shape index (κ3) is 8.06. The number of hydrogen-bond donors (Lipinski definition) is 2. The van der Waals surface area contributed by atoms with Gasteiger partial charge in [-0.3, -0.25) is 9.78 Å². The highest BCUT2D eigenvalue weighted by Gasteiger charge is 2.39. The first kappa shape index (κ1) is 33.4. The van der Waals surface area contributed by atoms with E-state index in [2.05, 4.69) is 10.3 Å². The smallest absolute Gasteiger partial charge is 0.214 e. The largest absolute Gasteiger partial charge is 0.381 e. The van der Waals surface area contributed by atoms with Crippen LogP contribution in [0.15, 0.2) is 36.7 Å². The summed E-state index contributed by atoms with van der Waals surface area (Å²) in [4.78, 5) is 17.9. The Hall–Kier alpha value is -1.95. The molecule has 5 rings (SSSR count). The predicted octanol–water partition coefficient (Wildman–Crippen LogP) is 4.64. The molecule has 1 saturated carbocycles. The maximum atomic E-state index is 15.2. The molecule has 3 heterocycles. The second kappa shape index (κ2) is 15.1. The fourth-order valence-corrected chi connectivity index (χ4v) is 9.39. The van der Waals surface area contributed by atoms with Crippen molar-refractivity contribution in [3.05, 3.63) is 64.2 Å². The average molecular weight is 649 g/mol. The normalized spacial score (nSPS) is 28.1. The molecule has 11 heteroatoms. The SMILES string of the molecule is CCOCC1CCC([C@H](c2ccc(Cl)cc2)[C@H](N)C(=O)Cc2cncc(F)c2CC[C@H]2CN[C@@H]3CCCS(=O)(=O)N2C3)CC1. The van der Waals surface area contributed by atoms with Crippen LogP contribution in [0.25, 0.3) is 0 Å². The van der Waals surface area contributed by atoms with E-state index >= 15 is 4.39 Å². The minimum absolute atomic E-state index is 0.0297. The van der Waals surface area contributed by atoms with Crippen LogP contribution in [0.3, 0.4) is 0 Å². The second-order valence-corrected chi connectivity index (χ2v) is 15.2. The van der Waals surface area contributed by atoms with E-state index in [0.717, 1.165) is 50.5 Å². The number of rotatable bonds is 12. The van der Waals surface area contributed by atoms with Crippen LogP contribution >= 0.6 is 11.6 Å². The van der Waals surface area contributed by atoms with Gasteiger partial charge in [-0.1, -0.05) is 23.7 Å². The van der Waals surface area contributed by atoms with Gasteiger partial charge >= 0.3 is 0 Å². The van der Waals surface area contributed by atoms with Crippen molar-refractivity contribution in [1.29, 1.82) is 0 Å². The van der Waals surface area contributed by atoms with Crippen LogP contribution in [0.1, 0.15) is 74.5 Å². The zero-order valence-electron chi connectivity index (χ0n) is 25.6. The molecule has 1 aromatic carbocycles. The molecular formula is C33H46ClFN4O4S. The number of nitrogens with zero attached hydrogens (tertiary/aromatic N) is 2. The molecule has 3 fully saturated rings. The molecule has 2 saturated heterocycles. The standard InChI is InChI=1S/C33H46ClFN4O4S/c1-2-43-21-22-5-7-23(8-6-22)32(24-9-11-26(34)12-10-24)33(36)31(40)16-25-17-37-19-30(35)29(25)14-13-28-18-38-27-4-3-15-44(41,42)39(28)20-27/h9-12,17,19,22-23,27-28,32-33,38H,2-8,13-16,18,20-21,36H2,1H3/t22?,23?,27-,28+,32-,33-/m1/s1. The Morgan fingerprint density at radius 3 is 2.66 bits per heavy atom. The predicted molar refractivity (Wildman–Crippen MR) is 171 cm³/mol. The van der Waals surface area contributed by atoms with Gasteiger partial charge < -0.3 is 15.8 Å². The van der Waals surface area contributed by atoms with Crippen LogP contribution in [-0.2, 0) is 32.4 Å².